The zero-order chi connectivity index (χ0) is 16.1. The Labute approximate surface area is 126 Å². The summed E-state index contributed by atoms with van der Waals surface area (Å²) in [6, 6.07) is 0. The Morgan fingerprint density at radius 1 is 0.950 bits per heavy atom. The van der Waals surface area contributed by atoms with Gasteiger partial charge in [-0.3, -0.25) is 4.79 Å². The second-order valence-electron chi connectivity index (χ2n) is 8.00. The van der Waals surface area contributed by atoms with Crippen LogP contribution in [0.5, 0.6) is 0 Å². The fourth-order valence-corrected chi connectivity index (χ4v) is 1.81. The molecule has 0 rings (SSSR count). The lowest BCUT2D eigenvalue weighted by atomic mass is 9.74. The van der Waals surface area contributed by atoms with Crippen LogP contribution in [-0.2, 0) is 4.79 Å². The summed E-state index contributed by atoms with van der Waals surface area (Å²) >= 11 is 0. The topological polar surface area (TPSA) is 46.3 Å². The van der Waals surface area contributed by atoms with Gasteiger partial charge in [0.1, 0.15) is 0 Å². The molecule has 0 aliphatic heterocycles. The van der Waals surface area contributed by atoms with E-state index in [4.69, 9.17) is 5.73 Å². The SMILES string of the molecule is CC(C)CCN(CCC(C)C)C(=O)C(C)(C)C(C)(C)N. The lowest BCUT2D eigenvalue weighted by molar-refractivity contribution is -0.143. The molecule has 0 atom stereocenters. The number of hydrogen-bond donors (Lipinski definition) is 1. The number of carbonyl (C=O) groups is 1. The van der Waals surface area contributed by atoms with Crippen LogP contribution < -0.4 is 5.73 Å². The first-order chi connectivity index (χ1) is 8.89. The van der Waals surface area contributed by atoms with Crippen molar-refractivity contribution in [2.75, 3.05) is 13.1 Å². The highest BCUT2D eigenvalue weighted by Gasteiger charge is 2.42. The molecule has 0 heterocycles. The van der Waals surface area contributed by atoms with Crippen LogP contribution in [0.3, 0.4) is 0 Å². The highest BCUT2D eigenvalue weighted by Crippen LogP contribution is 2.31. The van der Waals surface area contributed by atoms with Crippen molar-refractivity contribution < 1.29 is 4.79 Å². The van der Waals surface area contributed by atoms with E-state index in [-0.39, 0.29) is 5.91 Å². The quantitative estimate of drug-likeness (QED) is 0.739. The zero-order valence-electron chi connectivity index (χ0n) is 14.9. The van der Waals surface area contributed by atoms with Gasteiger partial charge in [0.15, 0.2) is 0 Å². The predicted octanol–water partition coefficient (Wildman–Crippen LogP) is 3.67. The third-order valence-corrected chi connectivity index (χ3v) is 4.39. The van der Waals surface area contributed by atoms with Crippen LogP contribution in [0.1, 0.15) is 68.2 Å². The van der Waals surface area contributed by atoms with Gasteiger partial charge in [0, 0.05) is 18.6 Å². The third kappa shape index (κ3) is 5.82. The van der Waals surface area contributed by atoms with Crippen molar-refractivity contribution >= 4 is 5.91 Å². The van der Waals surface area contributed by atoms with E-state index in [9.17, 15) is 4.79 Å². The lowest BCUT2D eigenvalue weighted by Gasteiger charge is -2.41. The molecule has 0 fully saturated rings. The van der Waals surface area contributed by atoms with Crippen molar-refractivity contribution in [1.82, 2.24) is 4.90 Å². The fourth-order valence-electron chi connectivity index (χ4n) is 1.81. The van der Waals surface area contributed by atoms with Crippen molar-refractivity contribution in [2.24, 2.45) is 23.0 Å². The highest BCUT2D eigenvalue weighted by molar-refractivity contribution is 5.83. The molecule has 120 valence electrons. The Kier molecular flexibility index (Phi) is 7.23. The first kappa shape index (κ1) is 19.4. The lowest BCUT2D eigenvalue weighted by Crippen LogP contribution is -2.56. The summed E-state index contributed by atoms with van der Waals surface area (Å²) in [6.07, 6.45) is 2.09. The van der Waals surface area contributed by atoms with Crippen LogP contribution in [0.4, 0.5) is 0 Å². The number of nitrogens with two attached hydrogens (primary N) is 1. The molecule has 20 heavy (non-hydrogen) atoms. The van der Waals surface area contributed by atoms with Crippen molar-refractivity contribution in [3.63, 3.8) is 0 Å². The maximum absolute atomic E-state index is 12.9. The second-order valence-corrected chi connectivity index (χ2v) is 8.00. The van der Waals surface area contributed by atoms with Crippen LogP contribution in [0.15, 0.2) is 0 Å². The molecule has 0 aromatic carbocycles. The van der Waals surface area contributed by atoms with Gasteiger partial charge in [-0.15, -0.1) is 0 Å². The van der Waals surface area contributed by atoms with Gasteiger partial charge in [0.25, 0.3) is 0 Å². The summed E-state index contributed by atoms with van der Waals surface area (Å²) in [6.45, 7) is 18.3. The highest BCUT2D eigenvalue weighted by atomic mass is 16.2. The minimum Gasteiger partial charge on any atom is -0.342 e. The molecule has 2 N–H and O–H groups in total. The normalized spacial score (nSPS) is 13.2. The van der Waals surface area contributed by atoms with E-state index in [0.717, 1.165) is 25.9 Å². The Morgan fingerprint density at radius 3 is 1.55 bits per heavy atom. The molecule has 0 aromatic heterocycles. The van der Waals surface area contributed by atoms with Crippen molar-refractivity contribution in [1.29, 1.82) is 0 Å². The fraction of sp³-hybridized carbons (Fsp3) is 0.941. The van der Waals surface area contributed by atoms with E-state index in [1.54, 1.807) is 0 Å². The van der Waals surface area contributed by atoms with E-state index in [1.807, 2.05) is 32.6 Å². The van der Waals surface area contributed by atoms with Crippen LogP contribution in [-0.4, -0.2) is 29.4 Å². The summed E-state index contributed by atoms with van der Waals surface area (Å²) in [4.78, 5) is 14.9. The molecular formula is C17H36N2O. The van der Waals surface area contributed by atoms with E-state index < -0.39 is 11.0 Å². The van der Waals surface area contributed by atoms with Crippen LogP contribution in [0, 0.1) is 17.3 Å². The minimum absolute atomic E-state index is 0.186. The van der Waals surface area contributed by atoms with Crippen molar-refractivity contribution in [3.8, 4) is 0 Å². The molecule has 0 bridgehead atoms. The van der Waals surface area contributed by atoms with Gasteiger partial charge >= 0.3 is 0 Å². The molecule has 0 unspecified atom stereocenters. The van der Waals surface area contributed by atoms with E-state index in [2.05, 4.69) is 27.7 Å². The van der Waals surface area contributed by atoms with Crippen molar-refractivity contribution in [3.05, 3.63) is 0 Å². The van der Waals surface area contributed by atoms with Crippen molar-refractivity contribution in [2.45, 2.75) is 73.8 Å². The van der Waals surface area contributed by atoms with Gasteiger partial charge in [0.2, 0.25) is 5.91 Å². The van der Waals surface area contributed by atoms with Crippen LogP contribution in [0.2, 0.25) is 0 Å². The smallest absolute Gasteiger partial charge is 0.230 e. The zero-order valence-corrected chi connectivity index (χ0v) is 14.9. The van der Waals surface area contributed by atoms with E-state index >= 15 is 0 Å². The van der Waals surface area contributed by atoms with E-state index in [1.165, 1.54) is 0 Å². The van der Waals surface area contributed by atoms with Gasteiger partial charge in [-0.25, -0.2) is 0 Å². The van der Waals surface area contributed by atoms with Gasteiger partial charge in [0.05, 0.1) is 5.41 Å². The maximum Gasteiger partial charge on any atom is 0.230 e. The summed E-state index contributed by atoms with van der Waals surface area (Å²) in [5.74, 6) is 1.41. The average molecular weight is 284 g/mol. The monoisotopic (exact) mass is 284 g/mol. The Balaban J connectivity index is 4.95. The van der Waals surface area contributed by atoms with Gasteiger partial charge < -0.3 is 10.6 Å². The Morgan fingerprint density at radius 2 is 1.30 bits per heavy atom. The van der Waals surface area contributed by atoms with Crippen LogP contribution in [0.25, 0.3) is 0 Å². The molecule has 3 nitrogen and oxygen atoms in total. The van der Waals surface area contributed by atoms with Crippen LogP contribution >= 0.6 is 0 Å². The maximum atomic E-state index is 12.9. The number of carbonyl (C=O) groups excluding carboxylic acids is 1. The summed E-state index contributed by atoms with van der Waals surface area (Å²) < 4.78 is 0. The molecule has 0 aliphatic rings. The summed E-state index contributed by atoms with van der Waals surface area (Å²) in [7, 11) is 0. The Bertz CT molecular complexity index is 289. The summed E-state index contributed by atoms with van der Waals surface area (Å²) in [5.41, 5.74) is 5.16. The standard InChI is InChI=1S/C17H36N2O/c1-13(2)9-11-19(12-10-14(3)4)15(20)16(5,6)17(7,8)18/h13-14H,9-12,18H2,1-8H3. The van der Waals surface area contributed by atoms with Gasteiger partial charge in [-0.05, 0) is 52.4 Å². The molecule has 0 saturated heterocycles. The molecule has 3 heteroatoms. The number of amides is 1. The number of rotatable bonds is 8. The summed E-state index contributed by atoms with van der Waals surface area (Å²) in [5, 5.41) is 0. The Hall–Kier alpha value is -0.570. The second kappa shape index (κ2) is 7.44. The third-order valence-electron chi connectivity index (χ3n) is 4.39. The molecular weight excluding hydrogens is 248 g/mol. The first-order valence-corrected chi connectivity index (χ1v) is 7.97. The number of nitrogens with zero attached hydrogens (tertiary/aromatic N) is 1. The van der Waals surface area contributed by atoms with E-state index in [0.29, 0.717) is 11.8 Å². The molecule has 0 saturated carbocycles. The first-order valence-electron chi connectivity index (χ1n) is 7.97. The predicted molar refractivity (Wildman–Crippen MR) is 87.5 cm³/mol. The molecule has 1 amide bonds. The average Bonchev–Trinajstić information content (AvgIpc) is 2.26. The molecule has 0 radical (unpaired) electrons. The van der Waals surface area contributed by atoms with Gasteiger partial charge in [-0.1, -0.05) is 27.7 Å². The molecule has 0 aromatic rings. The largest absolute Gasteiger partial charge is 0.342 e. The molecule has 0 aliphatic carbocycles. The van der Waals surface area contributed by atoms with Gasteiger partial charge in [-0.2, -0.15) is 0 Å². The minimum atomic E-state index is -0.541. The molecule has 0 spiro atoms. The number of hydrogen-bond acceptors (Lipinski definition) is 2.